The molecule has 4 heteroatoms. The van der Waals surface area contributed by atoms with Crippen molar-refractivity contribution in [1.82, 2.24) is 10.2 Å². The van der Waals surface area contributed by atoms with Crippen LogP contribution in [0.3, 0.4) is 0 Å². The van der Waals surface area contributed by atoms with Crippen molar-refractivity contribution in [3.63, 3.8) is 0 Å². The molecule has 0 bridgehead atoms. The fraction of sp³-hybridized carbons (Fsp3) is 0.938. The molecule has 1 atom stereocenters. The Balaban J connectivity index is 1.66. The summed E-state index contributed by atoms with van der Waals surface area (Å²) in [6.45, 7) is 8.64. The Kier molecular flexibility index (Phi) is 5.30. The average molecular weight is 282 g/mol. The van der Waals surface area contributed by atoms with Gasteiger partial charge in [0.05, 0.1) is 0 Å². The fourth-order valence-corrected chi connectivity index (χ4v) is 2.78. The summed E-state index contributed by atoms with van der Waals surface area (Å²) in [6.07, 6.45) is 7.38. The summed E-state index contributed by atoms with van der Waals surface area (Å²) in [5, 5.41) is 3.56. The molecule has 0 radical (unpaired) electrons. The second-order valence-corrected chi connectivity index (χ2v) is 7.31. The van der Waals surface area contributed by atoms with Gasteiger partial charge in [-0.05, 0) is 71.8 Å². The van der Waals surface area contributed by atoms with E-state index in [-0.39, 0.29) is 6.09 Å². The van der Waals surface area contributed by atoms with Crippen LogP contribution in [0, 0.1) is 5.92 Å². The zero-order chi connectivity index (χ0) is 14.6. The SMILES string of the molecule is CC(C)(C)OC(=O)N1CCC[C@@H](CCCNC2CC2)C1. The van der Waals surface area contributed by atoms with Crippen LogP contribution in [-0.4, -0.2) is 42.3 Å². The number of rotatable bonds is 5. The number of likely N-dealkylation sites (tertiary alicyclic amines) is 1. The molecule has 0 aromatic heterocycles. The molecule has 0 aromatic rings. The highest BCUT2D eigenvalue weighted by molar-refractivity contribution is 5.68. The van der Waals surface area contributed by atoms with Gasteiger partial charge in [-0.1, -0.05) is 0 Å². The highest BCUT2D eigenvalue weighted by Crippen LogP contribution is 2.23. The number of ether oxygens (including phenoxy) is 1. The number of carbonyl (C=O) groups is 1. The van der Waals surface area contributed by atoms with Crippen molar-refractivity contribution in [2.75, 3.05) is 19.6 Å². The molecule has 1 N–H and O–H groups in total. The number of carbonyl (C=O) groups excluding carboxylic acids is 1. The fourth-order valence-electron chi connectivity index (χ4n) is 2.78. The van der Waals surface area contributed by atoms with Crippen molar-refractivity contribution in [2.45, 2.75) is 70.9 Å². The maximum Gasteiger partial charge on any atom is 0.410 e. The predicted octanol–water partition coefficient (Wildman–Crippen LogP) is 3.17. The van der Waals surface area contributed by atoms with Crippen LogP contribution in [0.5, 0.6) is 0 Å². The van der Waals surface area contributed by atoms with Crippen LogP contribution >= 0.6 is 0 Å². The Bertz CT molecular complexity index is 321. The zero-order valence-corrected chi connectivity index (χ0v) is 13.3. The summed E-state index contributed by atoms with van der Waals surface area (Å²) in [6, 6.07) is 0.805. The Morgan fingerprint density at radius 3 is 2.70 bits per heavy atom. The van der Waals surface area contributed by atoms with Crippen molar-refractivity contribution in [2.24, 2.45) is 5.92 Å². The molecule has 20 heavy (non-hydrogen) atoms. The van der Waals surface area contributed by atoms with Gasteiger partial charge in [-0.2, -0.15) is 0 Å². The number of hydrogen-bond donors (Lipinski definition) is 1. The Hall–Kier alpha value is -0.770. The molecule has 4 nitrogen and oxygen atoms in total. The lowest BCUT2D eigenvalue weighted by atomic mass is 9.93. The summed E-state index contributed by atoms with van der Waals surface area (Å²) >= 11 is 0. The molecule has 1 saturated carbocycles. The van der Waals surface area contributed by atoms with E-state index in [0.717, 1.165) is 32.1 Å². The van der Waals surface area contributed by atoms with Crippen LogP contribution in [0.15, 0.2) is 0 Å². The number of hydrogen-bond acceptors (Lipinski definition) is 3. The minimum Gasteiger partial charge on any atom is -0.444 e. The van der Waals surface area contributed by atoms with Gasteiger partial charge in [0.25, 0.3) is 0 Å². The van der Waals surface area contributed by atoms with Crippen LogP contribution in [0.25, 0.3) is 0 Å². The molecule has 1 aliphatic carbocycles. The molecular formula is C16H30N2O2. The first-order chi connectivity index (χ1) is 9.44. The summed E-state index contributed by atoms with van der Waals surface area (Å²) in [5.41, 5.74) is -0.391. The monoisotopic (exact) mass is 282 g/mol. The lowest BCUT2D eigenvalue weighted by Crippen LogP contribution is -2.43. The molecule has 2 aliphatic rings. The molecule has 0 aromatic carbocycles. The highest BCUT2D eigenvalue weighted by atomic mass is 16.6. The smallest absolute Gasteiger partial charge is 0.410 e. The first-order valence-electron chi connectivity index (χ1n) is 8.15. The lowest BCUT2D eigenvalue weighted by Gasteiger charge is -2.34. The van der Waals surface area contributed by atoms with E-state index in [1.54, 1.807) is 0 Å². The number of nitrogens with one attached hydrogen (secondary N) is 1. The standard InChI is InChI=1S/C16H30N2O2/c1-16(2,3)20-15(19)18-11-5-7-13(12-18)6-4-10-17-14-8-9-14/h13-14,17H,4-12H2,1-3H3/t13-/m1/s1. The van der Waals surface area contributed by atoms with Crippen molar-refractivity contribution in [1.29, 1.82) is 0 Å². The summed E-state index contributed by atoms with van der Waals surface area (Å²) in [7, 11) is 0. The Morgan fingerprint density at radius 2 is 2.05 bits per heavy atom. The van der Waals surface area contributed by atoms with Gasteiger partial charge >= 0.3 is 6.09 Å². The zero-order valence-electron chi connectivity index (χ0n) is 13.3. The minimum atomic E-state index is -0.391. The quantitative estimate of drug-likeness (QED) is 0.788. The van der Waals surface area contributed by atoms with Crippen LogP contribution in [0.1, 0.15) is 59.3 Å². The van der Waals surface area contributed by atoms with Crippen molar-refractivity contribution >= 4 is 6.09 Å². The third-order valence-corrected chi connectivity index (χ3v) is 3.97. The number of amides is 1. The van der Waals surface area contributed by atoms with Gasteiger partial charge in [0.2, 0.25) is 0 Å². The third kappa shape index (κ3) is 5.70. The summed E-state index contributed by atoms with van der Waals surface area (Å²) in [4.78, 5) is 14.0. The Labute approximate surface area is 123 Å². The van der Waals surface area contributed by atoms with Gasteiger partial charge < -0.3 is 15.0 Å². The van der Waals surface area contributed by atoms with Gasteiger partial charge in [0.1, 0.15) is 5.60 Å². The average Bonchev–Trinajstić information content (AvgIpc) is 3.17. The largest absolute Gasteiger partial charge is 0.444 e. The molecule has 0 spiro atoms. The van der Waals surface area contributed by atoms with E-state index in [1.165, 1.54) is 32.1 Å². The molecule has 2 fully saturated rings. The maximum absolute atomic E-state index is 12.1. The van der Waals surface area contributed by atoms with E-state index >= 15 is 0 Å². The van der Waals surface area contributed by atoms with E-state index in [2.05, 4.69) is 5.32 Å². The van der Waals surface area contributed by atoms with Crippen LogP contribution in [0.4, 0.5) is 4.79 Å². The molecule has 1 saturated heterocycles. The predicted molar refractivity (Wildman–Crippen MR) is 80.8 cm³/mol. The van der Waals surface area contributed by atoms with Crippen LogP contribution < -0.4 is 5.32 Å². The molecule has 2 rings (SSSR count). The van der Waals surface area contributed by atoms with Gasteiger partial charge in [0, 0.05) is 19.1 Å². The molecular weight excluding hydrogens is 252 g/mol. The van der Waals surface area contributed by atoms with Gasteiger partial charge in [-0.25, -0.2) is 4.79 Å². The van der Waals surface area contributed by atoms with E-state index in [1.807, 2.05) is 25.7 Å². The Morgan fingerprint density at radius 1 is 1.30 bits per heavy atom. The second kappa shape index (κ2) is 6.79. The van der Waals surface area contributed by atoms with Crippen LogP contribution in [-0.2, 0) is 4.74 Å². The molecule has 1 aliphatic heterocycles. The van der Waals surface area contributed by atoms with Gasteiger partial charge in [-0.15, -0.1) is 0 Å². The number of nitrogens with zero attached hydrogens (tertiary/aromatic N) is 1. The van der Waals surface area contributed by atoms with Crippen molar-refractivity contribution < 1.29 is 9.53 Å². The number of piperidine rings is 1. The van der Waals surface area contributed by atoms with Crippen molar-refractivity contribution in [3.8, 4) is 0 Å². The molecule has 0 unspecified atom stereocenters. The van der Waals surface area contributed by atoms with Gasteiger partial charge in [0.15, 0.2) is 0 Å². The maximum atomic E-state index is 12.1. The van der Waals surface area contributed by atoms with E-state index < -0.39 is 5.60 Å². The minimum absolute atomic E-state index is 0.140. The van der Waals surface area contributed by atoms with Crippen LogP contribution in [0.2, 0.25) is 0 Å². The van der Waals surface area contributed by atoms with E-state index in [4.69, 9.17) is 4.74 Å². The topological polar surface area (TPSA) is 41.6 Å². The summed E-state index contributed by atoms with van der Waals surface area (Å²) in [5.74, 6) is 0.650. The second-order valence-electron chi connectivity index (χ2n) is 7.31. The van der Waals surface area contributed by atoms with Crippen molar-refractivity contribution in [3.05, 3.63) is 0 Å². The van der Waals surface area contributed by atoms with E-state index in [9.17, 15) is 4.79 Å². The highest BCUT2D eigenvalue weighted by Gasteiger charge is 2.27. The molecule has 1 amide bonds. The lowest BCUT2D eigenvalue weighted by molar-refractivity contribution is 0.0161. The summed E-state index contributed by atoms with van der Waals surface area (Å²) < 4.78 is 5.47. The third-order valence-electron chi connectivity index (χ3n) is 3.97. The van der Waals surface area contributed by atoms with Gasteiger partial charge in [-0.3, -0.25) is 0 Å². The van der Waals surface area contributed by atoms with E-state index in [0.29, 0.717) is 5.92 Å². The first-order valence-corrected chi connectivity index (χ1v) is 8.15. The molecule has 116 valence electrons. The first kappa shape index (κ1) is 15.6. The normalized spacial score (nSPS) is 23.8. The molecule has 1 heterocycles.